The molecular formula is C31H31F3N8O3. The number of imidazole rings is 1. The number of hydrogen-bond donors (Lipinski definition) is 1. The molecule has 1 fully saturated rings. The molecule has 14 heteroatoms. The zero-order valence-electron chi connectivity index (χ0n) is 24.9. The number of aromatic nitrogens is 4. The van der Waals surface area contributed by atoms with E-state index in [2.05, 4.69) is 10.4 Å². The fraction of sp³-hybridized carbons (Fsp3) is 0.323. The van der Waals surface area contributed by atoms with Crippen molar-refractivity contribution >= 4 is 11.9 Å². The van der Waals surface area contributed by atoms with Gasteiger partial charge in [0.05, 0.1) is 52.7 Å². The molecule has 0 bridgehead atoms. The van der Waals surface area contributed by atoms with Crippen molar-refractivity contribution < 1.29 is 22.8 Å². The Bertz CT molecular complexity index is 1820. The number of likely N-dealkylation sites (N-methyl/N-ethyl adjacent to an activating group) is 1. The molecule has 0 aliphatic carbocycles. The van der Waals surface area contributed by atoms with Gasteiger partial charge in [0.25, 0.3) is 0 Å². The lowest BCUT2D eigenvalue weighted by molar-refractivity contribution is -0.137. The molecule has 1 saturated heterocycles. The molecule has 0 radical (unpaired) electrons. The van der Waals surface area contributed by atoms with Crippen LogP contribution in [-0.4, -0.2) is 80.4 Å². The Morgan fingerprint density at radius 1 is 1.07 bits per heavy atom. The molecule has 45 heavy (non-hydrogen) atoms. The Balaban J connectivity index is 1.56. The van der Waals surface area contributed by atoms with E-state index in [1.807, 2.05) is 6.07 Å². The second-order valence-electron chi connectivity index (χ2n) is 11.1. The van der Waals surface area contributed by atoms with Crippen LogP contribution < -0.4 is 11.0 Å². The summed E-state index contributed by atoms with van der Waals surface area (Å²) in [5.41, 5.74) is -0.214. The number of benzene rings is 2. The van der Waals surface area contributed by atoms with Gasteiger partial charge in [0.1, 0.15) is 5.69 Å². The summed E-state index contributed by atoms with van der Waals surface area (Å²) >= 11 is 0. The third-order valence-corrected chi connectivity index (χ3v) is 7.67. The van der Waals surface area contributed by atoms with E-state index in [0.717, 1.165) is 21.3 Å². The summed E-state index contributed by atoms with van der Waals surface area (Å²) in [6.07, 6.45) is -2.24. The normalized spacial score (nSPS) is 14.0. The van der Waals surface area contributed by atoms with Gasteiger partial charge in [-0.1, -0.05) is 6.07 Å². The molecule has 2 aromatic carbocycles. The lowest BCUT2D eigenvalue weighted by Crippen LogP contribution is -2.50. The van der Waals surface area contributed by atoms with Gasteiger partial charge in [-0.3, -0.25) is 9.36 Å². The number of hydrogen-bond acceptors (Lipinski definition) is 6. The topological polar surface area (TPSA) is 121 Å². The van der Waals surface area contributed by atoms with E-state index in [-0.39, 0.29) is 35.6 Å². The molecule has 2 aromatic heterocycles. The number of likely N-dealkylation sites (tertiary alicyclic amines) is 1. The van der Waals surface area contributed by atoms with Gasteiger partial charge in [0, 0.05) is 19.1 Å². The fourth-order valence-corrected chi connectivity index (χ4v) is 5.47. The highest BCUT2D eigenvalue weighted by molar-refractivity contribution is 5.83. The van der Waals surface area contributed by atoms with Gasteiger partial charge in [-0.2, -0.15) is 23.5 Å². The molecule has 2 amide bonds. The molecule has 1 N–H and O–H groups in total. The molecule has 0 spiro atoms. The Hall–Kier alpha value is -5.16. The second kappa shape index (κ2) is 12.4. The van der Waals surface area contributed by atoms with Crippen molar-refractivity contribution in [1.29, 1.82) is 5.26 Å². The number of carbonyl (C=O) groups excluding carboxylic acids is 2. The summed E-state index contributed by atoms with van der Waals surface area (Å²) in [5, 5.41) is 16.5. The van der Waals surface area contributed by atoms with Crippen molar-refractivity contribution in [2.75, 3.05) is 33.7 Å². The number of nitriles is 1. The standard InChI is InChI=1S/C31H31F3N8O3/c1-20-28(26-11-14-36-42(26)24-9-7-21(18-35)8-10-24)41(30(45)40(20)25-6-4-5-22(17-25)31(32,33)34)29(44)37-23-12-15-39(16-13-23)27(43)19-38(2)3/h4-11,14,17,23H,12-13,15-16,19H2,1-3H3,(H,37,44). The van der Waals surface area contributed by atoms with E-state index in [1.54, 1.807) is 61.2 Å². The van der Waals surface area contributed by atoms with Crippen LogP contribution in [0, 0.1) is 18.3 Å². The maximum absolute atomic E-state index is 14.0. The minimum atomic E-state index is -4.65. The maximum Gasteiger partial charge on any atom is 0.416 e. The number of carbonyl (C=O) groups is 2. The molecule has 1 aliphatic heterocycles. The predicted molar refractivity (Wildman–Crippen MR) is 159 cm³/mol. The smallest absolute Gasteiger partial charge is 0.341 e. The lowest BCUT2D eigenvalue weighted by Gasteiger charge is -2.33. The third kappa shape index (κ3) is 6.39. The molecular weight excluding hydrogens is 589 g/mol. The summed E-state index contributed by atoms with van der Waals surface area (Å²) in [6.45, 7) is 2.67. The predicted octanol–water partition coefficient (Wildman–Crippen LogP) is 3.80. The van der Waals surface area contributed by atoms with E-state index in [0.29, 0.717) is 42.9 Å². The summed E-state index contributed by atoms with van der Waals surface area (Å²) < 4.78 is 44.3. The number of amides is 2. The molecule has 0 atom stereocenters. The lowest BCUT2D eigenvalue weighted by atomic mass is 10.1. The monoisotopic (exact) mass is 620 g/mol. The highest BCUT2D eigenvalue weighted by Gasteiger charge is 2.33. The summed E-state index contributed by atoms with van der Waals surface area (Å²) in [7, 11) is 3.61. The average molecular weight is 621 g/mol. The number of piperidine rings is 1. The molecule has 0 saturated carbocycles. The minimum absolute atomic E-state index is 0.0202. The summed E-state index contributed by atoms with van der Waals surface area (Å²) in [5.74, 6) is -0.0202. The first kappa shape index (κ1) is 31.3. The van der Waals surface area contributed by atoms with Gasteiger partial charge in [-0.15, -0.1) is 0 Å². The van der Waals surface area contributed by atoms with Crippen molar-refractivity contribution in [3.63, 3.8) is 0 Å². The Kier molecular flexibility index (Phi) is 8.65. The first-order chi connectivity index (χ1) is 21.4. The van der Waals surface area contributed by atoms with Crippen LogP contribution in [0.1, 0.15) is 29.7 Å². The molecule has 3 heterocycles. The summed E-state index contributed by atoms with van der Waals surface area (Å²) in [4.78, 5) is 43.8. The largest absolute Gasteiger partial charge is 0.416 e. The van der Waals surface area contributed by atoms with E-state index in [4.69, 9.17) is 0 Å². The maximum atomic E-state index is 14.0. The van der Waals surface area contributed by atoms with E-state index < -0.39 is 23.5 Å². The van der Waals surface area contributed by atoms with Crippen LogP contribution >= 0.6 is 0 Å². The third-order valence-electron chi connectivity index (χ3n) is 7.67. The highest BCUT2D eigenvalue weighted by Crippen LogP contribution is 2.32. The molecule has 1 aliphatic rings. The van der Waals surface area contributed by atoms with Crippen molar-refractivity contribution in [2.45, 2.75) is 32.0 Å². The van der Waals surface area contributed by atoms with Gasteiger partial charge >= 0.3 is 17.9 Å². The van der Waals surface area contributed by atoms with Crippen molar-refractivity contribution in [3.8, 4) is 28.8 Å². The van der Waals surface area contributed by atoms with Crippen LogP contribution in [-0.2, 0) is 11.0 Å². The molecule has 5 rings (SSSR count). The van der Waals surface area contributed by atoms with Gasteiger partial charge < -0.3 is 15.1 Å². The average Bonchev–Trinajstić information content (AvgIpc) is 3.58. The first-order valence-electron chi connectivity index (χ1n) is 14.2. The first-order valence-corrected chi connectivity index (χ1v) is 14.2. The van der Waals surface area contributed by atoms with Crippen molar-refractivity contribution in [3.05, 3.63) is 88.1 Å². The van der Waals surface area contributed by atoms with Crippen LogP contribution in [0.3, 0.4) is 0 Å². The second-order valence-corrected chi connectivity index (χ2v) is 11.1. The molecule has 0 unspecified atom stereocenters. The van der Waals surface area contributed by atoms with Crippen LogP contribution in [0.4, 0.5) is 18.0 Å². The fourth-order valence-electron chi connectivity index (χ4n) is 5.47. The number of nitrogens with one attached hydrogen (secondary N) is 1. The zero-order valence-corrected chi connectivity index (χ0v) is 24.9. The van der Waals surface area contributed by atoms with Gasteiger partial charge in [-0.25, -0.2) is 18.8 Å². The van der Waals surface area contributed by atoms with E-state index in [9.17, 15) is 32.8 Å². The van der Waals surface area contributed by atoms with Gasteiger partial charge in [0.15, 0.2) is 0 Å². The van der Waals surface area contributed by atoms with E-state index in [1.165, 1.54) is 23.0 Å². The zero-order chi connectivity index (χ0) is 32.5. The Labute approximate surface area is 256 Å². The summed E-state index contributed by atoms with van der Waals surface area (Å²) in [6, 6.07) is 13.4. The Morgan fingerprint density at radius 2 is 1.76 bits per heavy atom. The van der Waals surface area contributed by atoms with Crippen LogP contribution in [0.25, 0.3) is 22.8 Å². The number of alkyl halides is 3. The van der Waals surface area contributed by atoms with Crippen molar-refractivity contribution in [2.24, 2.45) is 0 Å². The molecule has 4 aromatic rings. The number of halogens is 3. The quantitative estimate of drug-likeness (QED) is 0.350. The number of rotatable bonds is 6. The van der Waals surface area contributed by atoms with Crippen molar-refractivity contribution in [1.82, 2.24) is 34.0 Å². The van der Waals surface area contributed by atoms with Crippen LogP contribution in [0.15, 0.2) is 65.6 Å². The number of nitrogens with zero attached hydrogens (tertiary/aromatic N) is 7. The SMILES string of the molecule is Cc1c(-c2ccnn2-c2ccc(C#N)cc2)n(C(=O)NC2CCN(C(=O)CN(C)C)CC2)c(=O)n1-c1cccc(C(F)(F)F)c1. The Morgan fingerprint density at radius 3 is 2.38 bits per heavy atom. The van der Waals surface area contributed by atoms with E-state index >= 15 is 0 Å². The molecule has 11 nitrogen and oxygen atoms in total. The van der Waals surface area contributed by atoms with Crippen LogP contribution in [0.2, 0.25) is 0 Å². The van der Waals surface area contributed by atoms with Crippen LogP contribution in [0.5, 0.6) is 0 Å². The van der Waals surface area contributed by atoms with Gasteiger partial charge in [0.2, 0.25) is 5.91 Å². The highest BCUT2D eigenvalue weighted by atomic mass is 19.4. The van der Waals surface area contributed by atoms with Gasteiger partial charge in [-0.05, 0) is 82.4 Å². The minimum Gasteiger partial charge on any atom is -0.341 e. The molecule has 234 valence electrons.